The van der Waals surface area contributed by atoms with Crippen LogP contribution in [0, 0.1) is 0 Å². The molecule has 0 saturated carbocycles. The number of unbranched alkanes of at least 4 members (excludes halogenated alkanes) is 13. The largest absolute Gasteiger partial charge is 0.479 e. The summed E-state index contributed by atoms with van der Waals surface area (Å²) in [6.45, 7) is 5.55. The average Bonchev–Trinajstić information content (AvgIpc) is 3.53. The molecule has 1 heterocycles. The van der Waals surface area contributed by atoms with Crippen LogP contribution in [0.15, 0.2) is 146 Å². The van der Waals surface area contributed by atoms with Gasteiger partial charge >= 0.3 is 23.9 Å². The van der Waals surface area contributed by atoms with Gasteiger partial charge in [0.05, 0.1) is 13.0 Å². The molecule has 0 aromatic carbocycles. The predicted octanol–water partition coefficient (Wildman–Crippen LogP) is 16.3. The normalized spacial score (nSPS) is 18.8. The van der Waals surface area contributed by atoms with Crippen molar-refractivity contribution in [3.8, 4) is 0 Å². The van der Waals surface area contributed by atoms with E-state index in [9.17, 15) is 34.5 Å². The van der Waals surface area contributed by atoms with Gasteiger partial charge in [-0.2, -0.15) is 0 Å². The van der Waals surface area contributed by atoms with Crippen molar-refractivity contribution in [2.45, 2.75) is 250 Å². The fourth-order valence-corrected chi connectivity index (χ4v) is 8.33. The highest BCUT2D eigenvalue weighted by Crippen LogP contribution is 2.26. The van der Waals surface area contributed by atoms with Crippen molar-refractivity contribution in [2.75, 3.05) is 13.2 Å². The number of carboxylic acids is 1. The molecule has 1 saturated heterocycles. The summed E-state index contributed by atoms with van der Waals surface area (Å²) in [5.74, 6) is -3.34. The topological polar surface area (TPSA) is 175 Å². The molecule has 0 aromatic heterocycles. The molecular formula is C69H106O12. The van der Waals surface area contributed by atoms with E-state index >= 15 is 0 Å². The zero-order chi connectivity index (χ0) is 58.9. The van der Waals surface area contributed by atoms with Crippen LogP contribution in [0.5, 0.6) is 0 Å². The maximum atomic E-state index is 13.1. The number of carbonyl (C=O) groups is 4. The van der Waals surface area contributed by atoms with Crippen molar-refractivity contribution in [2.24, 2.45) is 0 Å². The van der Waals surface area contributed by atoms with E-state index in [1.165, 1.54) is 0 Å². The Morgan fingerprint density at radius 3 is 1.19 bits per heavy atom. The summed E-state index contributed by atoms with van der Waals surface area (Å²) in [6.07, 6.45) is 66.9. The monoisotopic (exact) mass is 1130 g/mol. The number of aliphatic hydroxyl groups excluding tert-OH is 2. The van der Waals surface area contributed by atoms with Gasteiger partial charge in [-0.15, -0.1) is 0 Å². The minimum absolute atomic E-state index is 0.0290. The first-order chi connectivity index (χ1) is 39.6. The molecule has 0 amide bonds. The molecule has 454 valence electrons. The Labute approximate surface area is 489 Å². The first kappa shape index (κ1) is 73.6. The van der Waals surface area contributed by atoms with Crippen molar-refractivity contribution in [3.05, 3.63) is 146 Å². The number of esters is 3. The molecule has 0 radical (unpaired) electrons. The molecule has 0 aliphatic carbocycles. The number of carbonyl (C=O) groups excluding carboxylic acids is 3. The summed E-state index contributed by atoms with van der Waals surface area (Å²) in [5.41, 5.74) is 0. The molecule has 12 heteroatoms. The van der Waals surface area contributed by atoms with Crippen molar-refractivity contribution < 1.29 is 58.2 Å². The number of hydrogen-bond acceptors (Lipinski definition) is 11. The molecule has 1 rings (SSSR count). The maximum Gasteiger partial charge on any atom is 0.335 e. The summed E-state index contributed by atoms with van der Waals surface area (Å²) in [7, 11) is 0. The van der Waals surface area contributed by atoms with Crippen LogP contribution in [0.4, 0.5) is 0 Å². The van der Waals surface area contributed by atoms with E-state index in [4.69, 9.17) is 23.7 Å². The van der Waals surface area contributed by atoms with Gasteiger partial charge in [-0.1, -0.05) is 224 Å². The second kappa shape index (κ2) is 55.2. The van der Waals surface area contributed by atoms with Gasteiger partial charge in [0.25, 0.3) is 0 Å². The molecule has 0 spiro atoms. The van der Waals surface area contributed by atoms with E-state index in [0.29, 0.717) is 19.3 Å². The van der Waals surface area contributed by atoms with Crippen LogP contribution in [0.1, 0.15) is 213 Å². The highest BCUT2D eigenvalue weighted by Gasteiger charge is 2.50. The second-order valence-corrected chi connectivity index (χ2v) is 20.2. The molecule has 6 atom stereocenters. The van der Waals surface area contributed by atoms with Crippen LogP contribution in [-0.4, -0.2) is 89.2 Å². The highest BCUT2D eigenvalue weighted by molar-refractivity contribution is 5.74. The molecule has 0 aromatic rings. The van der Waals surface area contributed by atoms with Gasteiger partial charge in [0, 0.05) is 12.8 Å². The van der Waals surface area contributed by atoms with Crippen molar-refractivity contribution in [1.82, 2.24) is 0 Å². The number of aliphatic carboxylic acids is 1. The third kappa shape index (κ3) is 44.9. The molecule has 6 unspecified atom stereocenters. The third-order valence-corrected chi connectivity index (χ3v) is 12.9. The van der Waals surface area contributed by atoms with E-state index in [0.717, 1.165) is 154 Å². The van der Waals surface area contributed by atoms with Gasteiger partial charge < -0.3 is 39.0 Å². The first-order valence-electron chi connectivity index (χ1n) is 30.8. The van der Waals surface area contributed by atoms with E-state index in [1.807, 2.05) is 18.2 Å². The van der Waals surface area contributed by atoms with E-state index in [-0.39, 0.29) is 25.9 Å². The number of ether oxygens (including phenoxy) is 5. The quantitative estimate of drug-likeness (QED) is 0.0228. The van der Waals surface area contributed by atoms with E-state index in [1.54, 1.807) is 6.08 Å². The van der Waals surface area contributed by atoms with Crippen LogP contribution in [-0.2, 0) is 42.9 Å². The lowest BCUT2D eigenvalue weighted by Gasteiger charge is -2.40. The Balaban J connectivity index is 2.74. The standard InChI is InChI=1S/C69H106O12/c1-4-7-10-13-16-19-22-25-28-30-31-33-35-37-40-43-46-49-52-55-61(70)77-58-60(79-62(71)56-53-50-47-44-41-38-34-27-24-21-18-15-12-9-6-3)59-78-69-67(65(74)64(73)66(81-69)68(75)76)80-63(72)57-54-51-48-45-42-39-36-32-29-26-23-20-17-14-11-8-5-2/h7-12,16-21,25-29,31,33-34,41,44,50,53,60,64-67,69,73-74H,4-6,13-15,22-24,30,32,35-40,42-43,45-49,51-52,54-59H2,1-3H3,(H,75,76)/b10-7-,11-8-,12-9-,19-16-,20-17-,21-18-,28-25-,29-26-,33-31-,34-27-,44-41-,53-50-. The van der Waals surface area contributed by atoms with Crippen LogP contribution in [0.3, 0.4) is 0 Å². The van der Waals surface area contributed by atoms with Crippen LogP contribution in [0.25, 0.3) is 0 Å². The number of carboxylic acid groups (broad SMARTS) is 1. The van der Waals surface area contributed by atoms with Crippen LogP contribution >= 0.6 is 0 Å². The Morgan fingerprint density at radius 1 is 0.420 bits per heavy atom. The van der Waals surface area contributed by atoms with Crippen molar-refractivity contribution in [1.29, 1.82) is 0 Å². The zero-order valence-corrected chi connectivity index (χ0v) is 50.0. The summed E-state index contributed by atoms with van der Waals surface area (Å²) < 4.78 is 28.3. The lowest BCUT2D eigenvalue weighted by Crippen LogP contribution is -2.61. The fraction of sp³-hybridized carbons (Fsp3) is 0.594. The Bertz CT molecular complexity index is 1960. The molecule has 1 aliphatic rings. The highest BCUT2D eigenvalue weighted by atomic mass is 16.7. The lowest BCUT2D eigenvalue weighted by molar-refractivity contribution is -0.301. The Hall–Kier alpha value is -5.40. The maximum absolute atomic E-state index is 13.1. The SMILES string of the molecule is CC/C=C\C/C=C\C/C=C\C/C=C\C/C=C\CC(=O)OC(COC(=O)CCCCCCCC/C=C\C/C=C\C/C=C\C/C=C\CC)COC1OC(C(=O)O)C(O)C(O)C1OC(=O)CCCCCCCCC/C=C\C/C=C\C/C=C\CC. The molecule has 12 nitrogen and oxygen atoms in total. The first-order valence-corrected chi connectivity index (χ1v) is 30.8. The molecule has 0 bridgehead atoms. The van der Waals surface area contributed by atoms with Gasteiger partial charge in [0.15, 0.2) is 24.6 Å². The minimum atomic E-state index is -1.93. The van der Waals surface area contributed by atoms with Gasteiger partial charge in [-0.05, 0) is 116 Å². The zero-order valence-electron chi connectivity index (χ0n) is 50.0. The van der Waals surface area contributed by atoms with Gasteiger partial charge in [-0.3, -0.25) is 14.4 Å². The van der Waals surface area contributed by atoms with Crippen molar-refractivity contribution in [3.63, 3.8) is 0 Å². The second-order valence-electron chi connectivity index (χ2n) is 20.2. The molecule has 3 N–H and O–H groups in total. The number of allylic oxidation sites excluding steroid dienone is 23. The Kier molecular flexibility index (Phi) is 50.1. The minimum Gasteiger partial charge on any atom is -0.479 e. The molecule has 1 aliphatic heterocycles. The number of rotatable bonds is 50. The Morgan fingerprint density at radius 2 is 0.778 bits per heavy atom. The van der Waals surface area contributed by atoms with E-state index < -0.39 is 67.3 Å². The predicted molar refractivity (Wildman–Crippen MR) is 330 cm³/mol. The number of aliphatic hydroxyl groups is 2. The van der Waals surface area contributed by atoms with Crippen molar-refractivity contribution >= 4 is 23.9 Å². The summed E-state index contributed by atoms with van der Waals surface area (Å²) in [4.78, 5) is 51.2. The van der Waals surface area contributed by atoms with Gasteiger partial charge in [0.2, 0.25) is 0 Å². The molecule has 81 heavy (non-hydrogen) atoms. The van der Waals surface area contributed by atoms with Gasteiger partial charge in [0.1, 0.15) is 18.8 Å². The lowest BCUT2D eigenvalue weighted by atomic mass is 9.98. The fourth-order valence-electron chi connectivity index (χ4n) is 8.33. The smallest absolute Gasteiger partial charge is 0.335 e. The summed E-state index contributed by atoms with van der Waals surface area (Å²) in [5, 5.41) is 31.5. The van der Waals surface area contributed by atoms with E-state index in [2.05, 4.69) is 142 Å². The number of hydrogen-bond donors (Lipinski definition) is 3. The summed E-state index contributed by atoms with van der Waals surface area (Å²) >= 11 is 0. The molecule has 1 fully saturated rings. The average molecular weight is 1130 g/mol. The summed E-state index contributed by atoms with van der Waals surface area (Å²) in [6, 6.07) is 0. The van der Waals surface area contributed by atoms with Gasteiger partial charge in [-0.25, -0.2) is 4.79 Å². The van der Waals surface area contributed by atoms with Crippen LogP contribution < -0.4 is 0 Å². The third-order valence-electron chi connectivity index (χ3n) is 12.9. The van der Waals surface area contributed by atoms with Crippen LogP contribution in [0.2, 0.25) is 0 Å². The molecular weight excluding hydrogens is 1020 g/mol.